The van der Waals surface area contributed by atoms with Crippen molar-refractivity contribution in [3.63, 3.8) is 0 Å². The van der Waals surface area contributed by atoms with Crippen LogP contribution in [0.25, 0.3) is 0 Å². The number of nitrogens with zero attached hydrogens (tertiary/aromatic N) is 1. The summed E-state index contributed by atoms with van der Waals surface area (Å²) in [7, 11) is 0. The summed E-state index contributed by atoms with van der Waals surface area (Å²) in [6, 6.07) is 9.25. The summed E-state index contributed by atoms with van der Waals surface area (Å²) in [6.45, 7) is 5.90. The number of aryl methyl sites for hydroxylation is 1. The van der Waals surface area contributed by atoms with Gasteiger partial charge < -0.3 is 9.84 Å². The molecule has 0 unspecified atom stereocenters. The number of carboxylic acid groups (broad SMARTS) is 1. The van der Waals surface area contributed by atoms with Gasteiger partial charge in [-0.05, 0) is 42.2 Å². The smallest absolute Gasteiger partial charge is 0.341 e. The number of carboxylic acids is 1. The molecule has 4 heteroatoms. The highest BCUT2D eigenvalue weighted by molar-refractivity contribution is 5.91. The fourth-order valence-corrected chi connectivity index (χ4v) is 1.92. The lowest BCUT2D eigenvalue weighted by atomic mass is 10.0. The molecule has 1 N–H and O–H groups in total. The topological polar surface area (TPSA) is 59.4 Å². The Morgan fingerprint density at radius 3 is 2.70 bits per heavy atom. The van der Waals surface area contributed by atoms with Crippen molar-refractivity contribution < 1.29 is 14.6 Å². The molecule has 0 aliphatic carbocycles. The molecule has 0 spiro atoms. The Kier molecular flexibility index (Phi) is 4.03. The Balaban J connectivity index is 2.38. The largest absolute Gasteiger partial charge is 0.477 e. The van der Waals surface area contributed by atoms with E-state index in [1.54, 1.807) is 25.3 Å². The van der Waals surface area contributed by atoms with Crippen LogP contribution in [0.5, 0.6) is 11.6 Å². The molecule has 4 nitrogen and oxygen atoms in total. The molecule has 0 bridgehead atoms. The lowest BCUT2D eigenvalue weighted by Crippen LogP contribution is -2.04. The average molecular weight is 271 g/mol. The molecule has 1 aromatic heterocycles. The van der Waals surface area contributed by atoms with Gasteiger partial charge in [-0.3, -0.25) is 0 Å². The van der Waals surface area contributed by atoms with Crippen molar-refractivity contribution in [3.05, 3.63) is 53.2 Å². The molecule has 0 fully saturated rings. The first-order valence-corrected chi connectivity index (χ1v) is 6.45. The lowest BCUT2D eigenvalue weighted by molar-refractivity contribution is 0.0692. The maximum Gasteiger partial charge on any atom is 0.341 e. The summed E-state index contributed by atoms with van der Waals surface area (Å²) < 4.78 is 5.65. The van der Waals surface area contributed by atoms with Crippen LogP contribution in [-0.4, -0.2) is 16.1 Å². The van der Waals surface area contributed by atoms with Gasteiger partial charge in [0.1, 0.15) is 11.3 Å². The Hall–Kier alpha value is -2.36. The van der Waals surface area contributed by atoms with E-state index in [2.05, 4.69) is 18.8 Å². The van der Waals surface area contributed by atoms with E-state index in [1.807, 2.05) is 18.2 Å². The molecular weight excluding hydrogens is 254 g/mol. The van der Waals surface area contributed by atoms with Gasteiger partial charge in [0.05, 0.1) is 0 Å². The van der Waals surface area contributed by atoms with Gasteiger partial charge in [0.25, 0.3) is 0 Å². The van der Waals surface area contributed by atoms with E-state index in [9.17, 15) is 9.90 Å². The van der Waals surface area contributed by atoms with Gasteiger partial charge in [-0.2, -0.15) is 0 Å². The molecule has 0 radical (unpaired) electrons. The number of benzene rings is 1. The number of hydrogen-bond acceptors (Lipinski definition) is 3. The molecule has 0 saturated heterocycles. The second-order valence-electron chi connectivity index (χ2n) is 4.94. The van der Waals surface area contributed by atoms with Crippen molar-refractivity contribution >= 4 is 5.97 Å². The number of carbonyl (C=O) groups is 1. The molecule has 0 aliphatic heterocycles. The van der Waals surface area contributed by atoms with Crippen LogP contribution in [0.3, 0.4) is 0 Å². The fraction of sp³-hybridized carbons (Fsp3) is 0.250. The van der Waals surface area contributed by atoms with Gasteiger partial charge in [-0.1, -0.05) is 26.0 Å². The van der Waals surface area contributed by atoms with E-state index in [4.69, 9.17) is 4.74 Å². The van der Waals surface area contributed by atoms with E-state index >= 15 is 0 Å². The summed E-state index contributed by atoms with van der Waals surface area (Å²) in [5, 5.41) is 9.25. The van der Waals surface area contributed by atoms with Gasteiger partial charge in [-0.15, -0.1) is 0 Å². The maximum atomic E-state index is 11.3. The van der Waals surface area contributed by atoms with Crippen LogP contribution in [0, 0.1) is 6.92 Å². The van der Waals surface area contributed by atoms with Gasteiger partial charge in [0.2, 0.25) is 5.88 Å². The van der Waals surface area contributed by atoms with Crippen LogP contribution >= 0.6 is 0 Å². The van der Waals surface area contributed by atoms with Crippen molar-refractivity contribution in [1.82, 2.24) is 4.98 Å². The maximum absolute atomic E-state index is 11.3. The van der Waals surface area contributed by atoms with E-state index < -0.39 is 5.97 Å². The predicted octanol–water partition coefficient (Wildman–Crippen LogP) is 4.00. The minimum Gasteiger partial charge on any atom is -0.477 e. The van der Waals surface area contributed by atoms with Crippen LogP contribution in [0.15, 0.2) is 36.5 Å². The Morgan fingerprint density at radius 1 is 1.30 bits per heavy atom. The van der Waals surface area contributed by atoms with Crippen LogP contribution in [0.4, 0.5) is 0 Å². The summed E-state index contributed by atoms with van der Waals surface area (Å²) in [4.78, 5) is 15.3. The summed E-state index contributed by atoms with van der Waals surface area (Å²) in [5.41, 5.74) is 1.86. The molecule has 0 amide bonds. The molecule has 1 aromatic carbocycles. The Labute approximate surface area is 118 Å². The molecule has 2 rings (SSSR count). The fourth-order valence-electron chi connectivity index (χ4n) is 1.92. The monoisotopic (exact) mass is 271 g/mol. The number of aromatic carboxylic acids is 1. The third kappa shape index (κ3) is 2.96. The summed E-state index contributed by atoms with van der Waals surface area (Å²) in [5.74, 6) is 0.0591. The second kappa shape index (κ2) is 5.74. The minimum atomic E-state index is -1.04. The molecule has 1 heterocycles. The standard InChI is InChI=1S/C16H17NO3/c1-10(2)12-5-4-6-13(9-12)20-15-14(16(18)19)11(3)7-8-17-15/h4-10H,1-3H3,(H,18,19). The lowest BCUT2D eigenvalue weighted by Gasteiger charge is -2.11. The zero-order chi connectivity index (χ0) is 14.7. The zero-order valence-corrected chi connectivity index (χ0v) is 11.8. The number of pyridine rings is 1. The number of hydrogen-bond donors (Lipinski definition) is 1. The highest BCUT2D eigenvalue weighted by Gasteiger charge is 2.16. The highest BCUT2D eigenvalue weighted by Crippen LogP contribution is 2.27. The summed E-state index contributed by atoms with van der Waals surface area (Å²) in [6.07, 6.45) is 1.55. The van der Waals surface area contributed by atoms with E-state index in [1.165, 1.54) is 0 Å². The van der Waals surface area contributed by atoms with E-state index in [-0.39, 0.29) is 11.4 Å². The van der Waals surface area contributed by atoms with Crippen molar-refractivity contribution in [1.29, 1.82) is 0 Å². The molecule has 0 saturated carbocycles. The van der Waals surface area contributed by atoms with Crippen LogP contribution in [0.2, 0.25) is 0 Å². The van der Waals surface area contributed by atoms with Gasteiger partial charge >= 0.3 is 5.97 Å². The number of ether oxygens (including phenoxy) is 1. The van der Waals surface area contributed by atoms with Crippen LogP contribution in [0.1, 0.15) is 41.3 Å². The van der Waals surface area contributed by atoms with Crippen molar-refractivity contribution in [3.8, 4) is 11.6 Å². The molecule has 0 aliphatic rings. The number of rotatable bonds is 4. The minimum absolute atomic E-state index is 0.0995. The first-order valence-electron chi connectivity index (χ1n) is 6.45. The third-order valence-electron chi connectivity index (χ3n) is 3.08. The predicted molar refractivity (Wildman–Crippen MR) is 76.5 cm³/mol. The van der Waals surface area contributed by atoms with Crippen LogP contribution < -0.4 is 4.74 Å². The average Bonchev–Trinajstić information content (AvgIpc) is 2.38. The first kappa shape index (κ1) is 14.1. The first-order chi connectivity index (χ1) is 9.49. The third-order valence-corrected chi connectivity index (χ3v) is 3.08. The van der Waals surface area contributed by atoms with Gasteiger partial charge in [0.15, 0.2) is 0 Å². The van der Waals surface area contributed by atoms with Gasteiger partial charge in [0, 0.05) is 6.20 Å². The second-order valence-corrected chi connectivity index (χ2v) is 4.94. The van der Waals surface area contributed by atoms with E-state index in [0.717, 1.165) is 5.56 Å². The van der Waals surface area contributed by atoms with E-state index in [0.29, 0.717) is 17.2 Å². The van der Waals surface area contributed by atoms with Gasteiger partial charge in [-0.25, -0.2) is 9.78 Å². The van der Waals surface area contributed by atoms with Crippen molar-refractivity contribution in [2.75, 3.05) is 0 Å². The quantitative estimate of drug-likeness (QED) is 0.912. The van der Waals surface area contributed by atoms with Crippen molar-refractivity contribution in [2.24, 2.45) is 0 Å². The molecule has 104 valence electrons. The van der Waals surface area contributed by atoms with Crippen LogP contribution in [-0.2, 0) is 0 Å². The SMILES string of the molecule is Cc1ccnc(Oc2cccc(C(C)C)c2)c1C(=O)O. The highest BCUT2D eigenvalue weighted by atomic mass is 16.5. The molecular formula is C16H17NO3. The normalized spacial score (nSPS) is 10.6. The molecule has 20 heavy (non-hydrogen) atoms. The zero-order valence-electron chi connectivity index (χ0n) is 11.8. The molecule has 2 aromatic rings. The Morgan fingerprint density at radius 2 is 2.05 bits per heavy atom. The summed E-state index contributed by atoms with van der Waals surface area (Å²) >= 11 is 0. The van der Waals surface area contributed by atoms with Crippen molar-refractivity contribution in [2.45, 2.75) is 26.7 Å². The molecule has 0 atom stereocenters. The Bertz CT molecular complexity index is 635. The number of aromatic nitrogens is 1.